The van der Waals surface area contributed by atoms with Gasteiger partial charge in [0.1, 0.15) is 5.82 Å². The summed E-state index contributed by atoms with van der Waals surface area (Å²) in [6, 6.07) is 9.76. The number of hydrogen-bond acceptors (Lipinski definition) is 7. The van der Waals surface area contributed by atoms with Gasteiger partial charge in [0.25, 0.3) is 0 Å². The molecule has 10 heteroatoms. The number of anilines is 2. The predicted octanol–water partition coefficient (Wildman–Crippen LogP) is 2.83. The number of nitrogens with two attached hydrogens (primary N) is 1. The molecule has 132 valence electrons. The van der Waals surface area contributed by atoms with E-state index in [4.69, 9.17) is 17.3 Å². The van der Waals surface area contributed by atoms with Gasteiger partial charge in [0.2, 0.25) is 11.3 Å². The quantitative estimate of drug-likeness (QED) is 0.471. The maximum atomic E-state index is 11.2. The Kier molecular flexibility index (Phi) is 6.03. The first-order valence-corrected chi connectivity index (χ1v) is 9.89. The fourth-order valence-electron chi connectivity index (χ4n) is 2.30. The van der Waals surface area contributed by atoms with Gasteiger partial charge in [-0.3, -0.25) is 4.99 Å². The smallest absolute Gasteiger partial charge is 0.229 e. The van der Waals surface area contributed by atoms with Crippen LogP contribution in [0.25, 0.3) is 0 Å². The SMILES string of the molecule is Nc1n[s+]([O-])[nH]c1=NCCCN(Cc1ccc(Cl)s1)c1ccccn1. The Labute approximate surface area is 156 Å². The van der Waals surface area contributed by atoms with Crippen LogP contribution in [-0.2, 0) is 6.54 Å². The maximum Gasteiger partial charge on any atom is 0.229 e. The third-order valence-electron chi connectivity index (χ3n) is 3.41. The summed E-state index contributed by atoms with van der Waals surface area (Å²) in [6.07, 6.45) is 2.57. The standard InChI is InChI=1S/C15H17ClN6OS2/c16-12-6-5-11(24-12)10-22(13-4-1-2-7-18-13)9-3-8-19-15-14(17)20-25(23)21-15/h1-2,4-7H,3,8-10H2,(H2,17,20)(H,19,21). The van der Waals surface area contributed by atoms with Crippen molar-refractivity contribution in [2.75, 3.05) is 23.7 Å². The molecule has 7 nitrogen and oxygen atoms in total. The topological polar surface area (TPSA) is 106 Å². The Morgan fingerprint density at radius 1 is 1.36 bits per heavy atom. The van der Waals surface area contributed by atoms with E-state index in [0.29, 0.717) is 12.0 Å². The van der Waals surface area contributed by atoms with Crippen molar-refractivity contribution in [1.29, 1.82) is 0 Å². The number of pyridine rings is 1. The van der Waals surface area contributed by atoms with E-state index in [0.717, 1.165) is 29.7 Å². The molecule has 0 fully saturated rings. The van der Waals surface area contributed by atoms with Gasteiger partial charge in [0.05, 0.1) is 10.9 Å². The van der Waals surface area contributed by atoms with Crippen LogP contribution in [-0.4, -0.2) is 31.4 Å². The van der Waals surface area contributed by atoms with Crippen LogP contribution in [0.15, 0.2) is 41.5 Å². The van der Waals surface area contributed by atoms with E-state index < -0.39 is 11.1 Å². The molecule has 0 spiro atoms. The Bertz CT molecular complexity index is 876. The highest BCUT2D eigenvalue weighted by Gasteiger charge is 2.10. The molecule has 3 aromatic heterocycles. The van der Waals surface area contributed by atoms with Gasteiger partial charge in [-0.1, -0.05) is 17.7 Å². The van der Waals surface area contributed by atoms with Crippen molar-refractivity contribution in [3.63, 3.8) is 0 Å². The molecular formula is C15H17ClN6OS2. The summed E-state index contributed by atoms with van der Waals surface area (Å²) >= 11 is 6.09. The Balaban J connectivity index is 1.65. The molecular weight excluding hydrogens is 380 g/mol. The molecule has 3 rings (SSSR count). The van der Waals surface area contributed by atoms with E-state index in [1.807, 2.05) is 30.3 Å². The first-order valence-electron chi connectivity index (χ1n) is 7.59. The van der Waals surface area contributed by atoms with E-state index in [9.17, 15) is 4.55 Å². The number of aromatic amines is 1. The predicted molar refractivity (Wildman–Crippen MR) is 101 cm³/mol. The number of aromatic nitrogens is 3. The number of H-pyrrole nitrogens is 1. The molecule has 3 N–H and O–H groups in total. The van der Waals surface area contributed by atoms with Crippen LogP contribution >= 0.6 is 34.1 Å². The minimum absolute atomic E-state index is 0.188. The van der Waals surface area contributed by atoms with Crippen molar-refractivity contribution in [1.82, 2.24) is 13.7 Å². The number of halogens is 1. The van der Waals surface area contributed by atoms with Gasteiger partial charge in [-0.05, 0) is 30.7 Å². The van der Waals surface area contributed by atoms with Crippen molar-refractivity contribution >= 4 is 45.7 Å². The van der Waals surface area contributed by atoms with Crippen molar-refractivity contribution in [3.05, 3.63) is 51.2 Å². The van der Waals surface area contributed by atoms with Gasteiger partial charge >= 0.3 is 0 Å². The third kappa shape index (κ3) is 5.02. The molecule has 3 heterocycles. The molecule has 0 aliphatic heterocycles. The first-order chi connectivity index (χ1) is 12.1. The molecule has 0 saturated carbocycles. The van der Waals surface area contributed by atoms with Gasteiger partial charge in [-0.25, -0.2) is 4.98 Å². The highest BCUT2D eigenvalue weighted by atomic mass is 35.5. The number of nitrogens with one attached hydrogen (secondary N) is 1. The molecule has 0 radical (unpaired) electrons. The summed E-state index contributed by atoms with van der Waals surface area (Å²) in [7, 11) is 0. The molecule has 0 saturated heterocycles. The fraction of sp³-hybridized carbons (Fsp3) is 0.267. The zero-order valence-electron chi connectivity index (χ0n) is 13.3. The number of nitrogens with zero attached hydrogens (tertiary/aromatic N) is 4. The summed E-state index contributed by atoms with van der Waals surface area (Å²) in [5.74, 6) is 1.09. The third-order valence-corrected chi connectivity index (χ3v) is 5.36. The molecule has 3 aromatic rings. The average molecular weight is 397 g/mol. The zero-order chi connectivity index (χ0) is 17.6. The zero-order valence-corrected chi connectivity index (χ0v) is 15.7. The second-order valence-electron chi connectivity index (χ2n) is 5.23. The lowest BCUT2D eigenvalue weighted by Crippen LogP contribution is -2.25. The van der Waals surface area contributed by atoms with Gasteiger partial charge in [-0.2, -0.15) is 0 Å². The highest BCUT2D eigenvalue weighted by molar-refractivity contribution is 7.16. The first kappa shape index (κ1) is 17.9. The van der Waals surface area contributed by atoms with Gasteiger partial charge < -0.3 is 15.2 Å². The van der Waals surface area contributed by atoms with Crippen molar-refractivity contribution < 1.29 is 4.55 Å². The van der Waals surface area contributed by atoms with Crippen LogP contribution in [0.2, 0.25) is 4.34 Å². The number of hydrogen-bond donors (Lipinski definition) is 2. The minimum Gasteiger partial charge on any atom is -0.548 e. The minimum atomic E-state index is -1.50. The Morgan fingerprint density at radius 3 is 2.88 bits per heavy atom. The summed E-state index contributed by atoms with van der Waals surface area (Å²) in [6.45, 7) is 2.05. The summed E-state index contributed by atoms with van der Waals surface area (Å²) < 4.78 is 18.3. The van der Waals surface area contributed by atoms with Crippen LogP contribution < -0.4 is 16.1 Å². The Hall–Kier alpha value is -1.94. The maximum absolute atomic E-state index is 11.2. The van der Waals surface area contributed by atoms with Crippen molar-refractivity contribution in [3.8, 4) is 0 Å². The molecule has 0 aliphatic carbocycles. The lowest BCUT2D eigenvalue weighted by molar-refractivity contribution is 0.584. The lowest BCUT2D eigenvalue weighted by Gasteiger charge is -2.22. The molecule has 25 heavy (non-hydrogen) atoms. The monoisotopic (exact) mass is 396 g/mol. The fourth-order valence-corrected chi connectivity index (χ4v) is 4.04. The normalized spacial score (nSPS) is 12.6. The molecule has 0 bridgehead atoms. The van der Waals surface area contributed by atoms with Crippen molar-refractivity contribution in [2.45, 2.75) is 13.0 Å². The van der Waals surface area contributed by atoms with Gasteiger partial charge in [0, 0.05) is 28.5 Å². The number of thiophene rings is 1. The lowest BCUT2D eigenvalue weighted by atomic mass is 10.3. The van der Waals surface area contributed by atoms with E-state index in [1.54, 1.807) is 17.5 Å². The molecule has 0 aromatic carbocycles. The van der Waals surface area contributed by atoms with Crippen LogP contribution in [0.3, 0.4) is 0 Å². The van der Waals surface area contributed by atoms with E-state index >= 15 is 0 Å². The largest absolute Gasteiger partial charge is 0.548 e. The van der Waals surface area contributed by atoms with E-state index in [2.05, 4.69) is 23.6 Å². The van der Waals surface area contributed by atoms with Crippen LogP contribution in [0.5, 0.6) is 0 Å². The second kappa shape index (κ2) is 8.43. The van der Waals surface area contributed by atoms with E-state index in [-0.39, 0.29) is 5.82 Å². The molecule has 0 aliphatic rings. The van der Waals surface area contributed by atoms with Crippen LogP contribution in [0.1, 0.15) is 11.3 Å². The number of nitrogen functional groups attached to an aromatic ring is 1. The molecule has 1 atom stereocenters. The molecule has 0 amide bonds. The van der Waals surface area contributed by atoms with Gasteiger partial charge in [0.15, 0.2) is 11.1 Å². The summed E-state index contributed by atoms with van der Waals surface area (Å²) in [5, 5.41) is 0. The van der Waals surface area contributed by atoms with Crippen LogP contribution in [0.4, 0.5) is 11.6 Å². The van der Waals surface area contributed by atoms with E-state index in [1.165, 1.54) is 4.88 Å². The van der Waals surface area contributed by atoms with Crippen molar-refractivity contribution in [2.24, 2.45) is 4.99 Å². The molecule has 1 unspecified atom stereocenters. The second-order valence-corrected chi connectivity index (χ2v) is 7.91. The summed E-state index contributed by atoms with van der Waals surface area (Å²) in [4.78, 5) is 12.1. The highest BCUT2D eigenvalue weighted by Crippen LogP contribution is 2.24. The summed E-state index contributed by atoms with van der Waals surface area (Å²) in [5.41, 5.74) is 6.04. The Morgan fingerprint density at radius 2 is 2.24 bits per heavy atom. The number of rotatable bonds is 7. The van der Waals surface area contributed by atoms with Gasteiger partial charge in [-0.15, -0.1) is 15.7 Å². The van der Waals surface area contributed by atoms with Crippen LogP contribution in [0, 0.1) is 0 Å². The average Bonchev–Trinajstić information content (AvgIpc) is 3.15.